The number of hydrogen-bond donors (Lipinski definition) is 2. The van der Waals surface area contributed by atoms with Crippen LogP contribution in [0.15, 0.2) is 48.5 Å². The number of aromatic amines is 1. The highest BCUT2D eigenvalue weighted by molar-refractivity contribution is 6.62. The van der Waals surface area contributed by atoms with E-state index in [-0.39, 0.29) is 30.5 Å². The maximum absolute atomic E-state index is 14.1. The van der Waals surface area contributed by atoms with E-state index in [9.17, 15) is 9.59 Å². The van der Waals surface area contributed by atoms with Gasteiger partial charge in [-0.05, 0) is 82.0 Å². The molecule has 2 bridgehead atoms. The standard InChI is InChI=1S/C32H41BN4O5/c1-19(2)26(36-30(39)40-18-20-10-8-7-9-11-20)29(38)37-23-14-12-21(16-23)27(37)28-34-24-15-13-22(17-25(24)35-28)33-41-31(3,4)32(5,6)42-33/h7-11,13,15,17,19,21,23,26-27H,12,14,16,18H2,1-6H3,(H,34,35)(H,36,39)/t21-,23+,26-,27-/m0/s1. The van der Waals surface area contributed by atoms with Crippen molar-refractivity contribution in [3.63, 3.8) is 0 Å². The summed E-state index contributed by atoms with van der Waals surface area (Å²) in [5.41, 5.74) is 2.69. The van der Waals surface area contributed by atoms with Gasteiger partial charge in [-0.2, -0.15) is 0 Å². The molecule has 10 heteroatoms. The average Bonchev–Trinajstić information content (AvgIpc) is 3.71. The molecule has 0 unspecified atom stereocenters. The Balaban J connectivity index is 1.21. The van der Waals surface area contributed by atoms with Crippen molar-refractivity contribution in [3.8, 4) is 0 Å². The molecule has 6 rings (SSSR count). The zero-order valence-corrected chi connectivity index (χ0v) is 25.3. The molecule has 9 nitrogen and oxygen atoms in total. The molecule has 222 valence electrons. The molecule has 3 heterocycles. The first-order valence-corrected chi connectivity index (χ1v) is 15.1. The number of piperidine rings is 1. The van der Waals surface area contributed by atoms with Crippen molar-refractivity contribution < 1.29 is 23.6 Å². The van der Waals surface area contributed by atoms with E-state index in [0.717, 1.165) is 47.1 Å². The van der Waals surface area contributed by atoms with E-state index in [2.05, 4.69) is 10.3 Å². The summed E-state index contributed by atoms with van der Waals surface area (Å²) >= 11 is 0. The zero-order valence-electron chi connectivity index (χ0n) is 25.3. The Morgan fingerprint density at radius 1 is 1.10 bits per heavy atom. The fourth-order valence-electron chi connectivity index (χ4n) is 6.54. The van der Waals surface area contributed by atoms with Gasteiger partial charge in [-0.25, -0.2) is 9.78 Å². The minimum atomic E-state index is -0.700. The molecule has 1 saturated carbocycles. The lowest BCUT2D eigenvalue weighted by atomic mass is 9.79. The minimum Gasteiger partial charge on any atom is -0.445 e. The van der Waals surface area contributed by atoms with Crippen LogP contribution in [0.5, 0.6) is 0 Å². The van der Waals surface area contributed by atoms with Gasteiger partial charge in [0.25, 0.3) is 0 Å². The lowest BCUT2D eigenvalue weighted by Crippen LogP contribution is -2.54. The first kappa shape index (κ1) is 28.7. The summed E-state index contributed by atoms with van der Waals surface area (Å²) in [4.78, 5) is 37.3. The number of carbonyl (C=O) groups excluding carboxylic acids is 2. The van der Waals surface area contributed by atoms with E-state index in [4.69, 9.17) is 19.0 Å². The molecule has 3 fully saturated rings. The van der Waals surface area contributed by atoms with Gasteiger partial charge in [-0.15, -0.1) is 0 Å². The number of fused-ring (bicyclic) bond motifs is 3. The largest absolute Gasteiger partial charge is 0.494 e. The summed E-state index contributed by atoms with van der Waals surface area (Å²) in [6.07, 6.45) is 2.36. The van der Waals surface area contributed by atoms with Crippen molar-refractivity contribution in [2.45, 2.75) is 96.7 Å². The van der Waals surface area contributed by atoms with Crippen molar-refractivity contribution in [2.24, 2.45) is 11.8 Å². The normalized spacial score (nSPS) is 24.9. The first-order valence-electron chi connectivity index (χ1n) is 15.1. The summed E-state index contributed by atoms with van der Waals surface area (Å²) in [7, 11) is -0.466. The number of likely N-dealkylation sites (tertiary alicyclic amines) is 1. The summed E-state index contributed by atoms with van der Waals surface area (Å²) in [6, 6.07) is 14.8. The van der Waals surface area contributed by atoms with Gasteiger partial charge in [0.15, 0.2) is 0 Å². The minimum absolute atomic E-state index is 0.0859. The third-order valence-electron chi connectivity index (χ3n) is 9.59. The van der Waals surface area contributed by atoms with Crippen LogP contribution in [0.25, 0.3) is 11.0 Å². The molecule has 2 aliphatic heterocycles. The number of amides is 2. The molecule has 42 heavy (non-hydrogen) atoms. The molecule has 1 aliphatic carbocycles. The number of hydrogen-bond acceptors (Lipinski definition) is 6. The van der Waals surface area contributed by atoms with Crippen LogP contribution in [0.3, 0.4) is 0 Å². The molecule has 2 saturated heterocycles. The number of aromatic nitrogens is 2. The fraction of sp³-hybridized carbons (Fsp3) is 0.531. The smallest absolute Gasteiger partial charge is 0.445 e. The number of ether oxygens (including phenoxy) is 1. The second kappa shape index (κ2) is 10.7. The highest BCUT2D eigenvalue weighted by atomic mass is 16.7. The van der Waals surface area contributed by atoms with Gasteiger partial charge in [-0.1, -0.05) is 50.2 Å². The van der Waals surface area contributed by atoms with Crippen molar-refractivity contribution in [2.75, 3.05) is 0 Å². The second-order valence-corrected chi connectivity index (χ2v) is 13.3. The SMILES string of the molecule is CC(C)[C@H](NC(=O)OCc1ccccc1)C(=O)N1[C@@H]2CC[C@@H](C2)[C@H]1c1nc2ccc(B3OC(C)(C)C(C)(C)O3)cc2[nH]1. The number of carbonyl (C=O) groups is 2. The van der Waals surface area contributed by atoms with E-state index in [1.165, 1.54) is 0 Å². The van der Waals surface area contributed by atoms with Crippen molar-refractivity contribution in [1.82, 2.24) is 20.2 Å². The fourth-order valence-corrected chi connectivity index (χ4v) is 6.54. The highest BCUT2D eigenvalue weighted by Gasteiger charge is 2.53. The number of alkyl carbamates (subject to hydrolysis) is 1. The molecule has 0 spiro atoms. The van der Waals surface area contributed by atoms with Gasteiger partial charge in [0.05, 0.1) is 28.3 Å². The number of H-pyrrole nitrogens is 1. The molecule has 3 aliphatic rings. The number of imidazole rings is 1. The molecule has 4 atom stereocenters. The summed E-state index contributed by atoms with van der Waals surface area (Å²) in [5, 5.41) is 2.86. The lowest BCUT2D eigenvalue weighted by molar-refractivity contribution is -0.139. The van der Waals surface area contributed by atoms with Gasteiger partial charge < -0.3 is 29.2 Å². The molecule has 2 aromatic carbocycles. The molecular weight excluding hydrogens is 531 g/mol. The molecule has 2 N–H and O–H groups in total. The number of benzene rings is 2. The van der Waals surface area contributed by atoms with E-state index >= 15 is 0 Å². The van der Waals surface area contributed by atoms with Crippen LogP contribution in [0.4, 0.5) is 4.79 Å². The van der Waals surface area contributed by atoms with E-state index < -0.39 is 30.5 Å². The van der Waals surface area contributed by atoms with E-state index in [1.807, 2.05) is 95.0 Å². The molecule has 1 aromatic heterocycles. The third-order valence-corrected chi connectivity index (χ3v) is 9.59. The predicted molar refractivity (Wildman–Crippen MR) is 161 cm³/mol. The van der Waals surface area contributed by atoms with Gasteiger partial charge in [0.2, 0.25) is 5.91 Å². The first-order chi connectivity index (χ1) is 19.9. The maximum atomic E-state index is 14.1. The van der Waals surface area contributed by atoms with Crippen LogP contribution in [0, 0.1) is 11.8 Å². The van der Waals surface area contributed by atoms with Crippen LogP contribution >= 0.6 is 0 Å². The Labute approximate surface area is 247 Å². The van der Waals surface area contributed by atoms with Crippen molar-refractivity contribution in [3.05, 3.63) is 59.9 Å². The van der Waals surface area contributed by atoms with Gasteiger partial charge in [0, 0.05) is 6.04 Å². The van der Waals surface area contributed by atoms with Gasteiger partial charge in [0.1, 0.15) is 18.5 Å². The third kappa shape index (κ3) is 5.19. The van der Waals surface area contributed by atoms with E-state index in [0.29, 0.717) is 5.92 Å². The second-order valence-electron chi connectivity index (χ2n) is 13.3. The lowest BCUT2D eigenvalue weighted by Gasteiger charge is -2.37. The van der Waals surface area contributed by atoms with Gasteiger partial charge in [-0.3, -0.25) is 4.79 Å². The summed E-state index contributed by atoms with van der Waals surface area (Å²) < 4.78 is 18.0. The Morgan fingerprint density at radius 3 is 2.50 bits per heavy atom. The van der Waals surface area contributed by atoms with Crippen LogP contribution in [-0.4, -0.2) is 57.3 Å². The molecule has 3 aromatic rings. The zero-order chi connectivity index (χ0) is 29.8. The topological polar surface area (TPSA) is 106 Å². The van der Waals surface area contributed by atoms with Crippen LogP contribution in [-0.2, 0) is 25.4 Å². The molecular formula is C32H41BN4O5. The Morgan fingerprint density at radius 2 is 1.81 bits per heavy atom. The summed E-state index contributed by atoms with van der Waals surface area (Å²) in [6.45, 7) is 12.2. The number of nitrogens with zero attached hydrogens (tertiary/aromatic N) is 2. The quantitative estimate of drug-likeness (QED) is 0.392. The van der Waals surface area contributed by atoms with Crippen molar-refractivity contribution in [1.29, 1.82) is 0 Å². The monoisotopic (exact) mass is 572 g/mol. The van der Waals surface area contributed by atoms with Crippen LogP contribution in [0.1, 0.15) is 78.2 Å². The number of nitrogens with one attached hydrogen (secondary N) is 2. The highest BCUT2D eigenvalue weighted by Crippen LogP contribution is 2.50. The van der Waals surface area contributed by atoms with Crippen LogP contribution in [0.2, 0.25) is 0 Å². The number of rotatable bonds is 7. The molecule has 0 radical (unpaired) electrons. The Bertz CT molecular complexity index is 1460. The average molecular weight is 573 g/mol. The van der Waals surface area contributed by atoms with Crippen LogP contribution < -0.4 is 10.8 Å². The van der Waals surface area contributed by atoms with E-state index in [1.54, 1.807) is 0 Å². The predicted octanol–water partition coefficient (Wildman–Crippen LogP) is 4.87. The van der Waals surface area contributed by atoms with Crippen molar-refractivity contribution >= 4 is 35.6 Å². The van der Waals surface area contributed by atoms with Gasteiger partial charge >= 0.3 is 13.2 Å². The summed E-state index contributed by atoms with van der Waals surface area (Å²) in [5.74, 6) is 0.905. The Hall–Kier alpha value is -3.37. The molecule has 2 amide bonds. The Kier molecular flexibility index (Phi) is 7.34. The maximum Gasteiger partial charge on any atom is 0.494 e.